The second-order valence-corrected chi connectivity index (χ2v) is 15.6. The Hall–Kier alpha value is -5.86. The summed E-state index contributed by atoms with van der Waals surface area (Å²) in [5, 5.41) is 2.33. The molecule has 0 fully saturated rings. The molecule has 0 radical (unpaired) electrons. The lowest BCUT2D eigenvalue weighted by Gasteiger charge is -2.41. The number of nitrogens with zero attached hydrogens (tertiary/aromatic N) is 1. The van der Waals surface area contributed by atoms with Crippen molar-refractivity contribution in [3.05, 3.63) is 206 Å². The summed E-state index contributed by atoms with van der Waals surface area (Å²) in [6.45, 7) is 6.71. The maximum absolute atomic E-state index is 7.73. The van der Waals surface area contributed by atoms with Gasteiger partial charge < -0.3 is 9.64 Å². The number of hydrogen-bond donors (Lipinski definition) is 0. The van der Waals surface area contributed by atoms with Crippen molar-refractivity contribution in [1.29, 1.82) is 0 Å². The number of fused-ring (bicyclic) bond motifs is 3. The number of benzene rings is 7. The molecule has 3 aliphatic rings. The van der Waals surface area contributed by atoms with Gasteiger partial charge in [-0.2, -0.15) is 0 Å². The van der Waals surface area contributed by atoms with E-state index in [0.29, 0.717) is 0 Å². The zero-order chi connectivity index (χ0) is 36.1. The van der Waals surface area contributed by atoms with E-state index < -0.39 is 11.0 Å². The minimum Gasteiger partial charge on any atom is -0.472 e. The van der Waals surface area contributed by atoms with Crippen molar-refractivity contribution in [2.24, 2.45) is 0 Å². The molecule has 0 aromatic heterocycles. The highest BCUT2D eigenvalue weighted by atomic mass is 16.5. The second-order valence-electron chi connectivity index (χ2n) is 15.6. The van der Waals surface area contributed by atoms with Gasteiger partial charge in [-0.15, -0.1) is 0 Å². The molecule has 2 aliphatic carbocycles. The average molecular weight is 686 g/mol. The van der Waals surface area contributed by atoms with E-state index in [1.165, 1.54) is 66.6 Å². The van der Waals surface area contributed by atoms with Gasteiger partial charge in [0.2, 0.25) is 0 Å². The molecule has 10 rings (SSSR count). The highest BCUT2D eigenvalue weighted by molar-refractivity contribution is 5.99. The number of anilines is 1. The first-order valence-electron chi connectivity index (χ1n) is 18.9. The van der Waals surface area contributed by atoms with Gasteiger partial charge in [0, 0.05) is 41.9 Å². The first kappa shape index (κ1) is 31.8. The summed E-state index contributed by atoms with van der Waals surface area (Å²) in [5.41, 5.74) is 18.1. The number of hydrogen-bond acceptors (Lipinski definition) is 2. The van der Waals surface area contributed by atoms with Crippen LogP contribution in [0, 0.1) is 20.8 Å². The van der Waals surface area contributed by atoms with Gasteiger partial charge in [-0.1, -0.05) is 126 Å². The number of aryl methyl sites for hydroxylation is 5. The van der Waals surface area contributed by atoms with Crippen molar-refractivity contribution in [1.82, 2.24) is 0 Å². The van der Waals surface area contributed by atoms with Crippen molar-refractivity contribution >= 4 is 22.5 Å². The van der Waals surface area contributed by atoms with Gasteiger partial charge in [0.15, 0.2) is 5.60 Å². The summed E-state index contributed by atoms with van der Waals surface area (Å²) in [6.07, 6.45) is 6.83. The lowest BCUT2D eigenvalue weighted by atomic mass is 9.64. The highest BCUT2D eigenvalue weighted by Gasteiger charge is 2.51. The van der Waals surface area contributed by atoms with Crippen LogP contribution in [-0.4, -0.2) is 14.1 Å². The van der Waals surface area contributed by atoms with Crippen LogP contribution in [0.15, 0.2) is 140 Å². The molecule has 0 spiro atoms. The third kappa shape index (κ3) is 4.45. The molecule has 1 aliphatic heterocycles. The van der Waals surface area contributed by atoms with Crippen LogP contribution in [-0.2, 0) is 23.9 Å². The molecule has 0 amide bonds. The van der Waals surface area contributed by atoms with E-state index in [9.17, 15) is 0 Å². The summed E-state index contributed by atoms with van der Waals surface area (Å²) in [4.78, 5) is 2.15. The fourth-order valence-corrected chi connectivity index (χ4v) is 9.76. The molecule has 1 atom stereocenters. The highest BCUT2D eigenvalue weighted by Crippen LogP contribution is 2.62. The summed E-state index contributed by atoms with van der Waals surface area (Å²) in [6, 6.07) is 50.1. The second kappa shape index (κ2) is 11.6. The standard InChI is InChI=1S/C51H43NO/c1-32-18-20-37-31-46(41-27-28-50(38-13-7-6-8-14-38,53-49(41)42(37)29-32)39-23-25-40(26-24-39)52(4)5)51(45-30-33(2)17-19-34(45)3)43-15-9-11-35-21-22-36-12-10-16-44(51)48(36)47(35)43/h6-20,23-31H,21-22H2,1-5H3. The maximum Gasteiger partial charge on any atom is 0.178 e. The Bertz CT molecular complexity index is 2590. The smallest absolute Gasteiger partial charge is 0.178 e. The van der Waals surface area contributed by atoms with E-state index in [4.69, 9.17) is 4.74 Å². The summed E-state index contributed by atoms with van der Waals surface area (Å²) in [5.74, 6) is 0.936. The molecule has 0 saturated heterocycles. The van der Waals surface area contributed by atoms with E-state index in [1.54, 1.807) is 0 Å². The van der Waals surface area contributed by atoms with E-state index in [2.05, 4.69) is 185 Å². The topological polar surface area (TPSA) is 12.5 Å². The molecule has 53 heavy (non-hydrogen) atoms. The minimum atomic E-state index is -0.824. The molecule has 0 N–H and O–H groups in total. The summed E-state index contributed by atoms with van der Waals surface area (Å²) >= 11 is 0. The monoisotopic (exact) mass is 685 g/mol. The quantitative estimate of drug-likeness (QED) is 0.179. The predicted octanol–water partition coefficient (Wildman–Crippen LogP) is 11.6. The first-order valence-corrected chi connectivity index (χ1v) is 18.9. The van der Waals surface area contributed by atoms with Crippen molar-refractivity contribution in [3.63, 3.8) is 0 Å². The largest absolute Gasteiger partial charge is 0.472 e. The van der Waals surface area contributed by atoms with Gasteiger partial charge in [-0.3, -0.25) is 0 Å². The molecule has 0 saturated carbocycles. The van der Waals surface area contributed by atoms with Crippen LogP contribution in [0.25, 0.3) is 28.0 Å². The molecule has 2 nitrogen and oxygen atoms in total. The molecule has 1 unspecified atom stereocenters. The van der Waals surface area contributed by atoms with Crippen LogP contribution < -0.4 is 9.64 Å². The fourth-order valence-electron chi connectivity index (χ4n) is 9.76. The lowest BCUT2D eigenvalue weighted by molar-refractivity contribution is 0.163. The van der Waals surface area contributed by atoms with Gasteiger partial charge in [0.25, 0.3) is 0 Å². The number of ether oxygens (including phenoxy) is 1. The van der Waals surface area contributed by atoms with Crippen LogP contribution in [0.1, 0.15) is 66.8 Å². The maximum atomic E-state index is 7.73. The Morgan fingerprint density at radius 3 is 1.89 bits per heavy atom. The SMILES string of the molecule is Cc1ccc(C)c(C2(c3cc4ccc(C)cc4c4c3C=CC(c3ccccc3)(c3ccc(N(C)C)cc3)O4)c3cccc4c3-c3c(cccc32)CC4)c1. The molecular formula is C51H43NO. The molecule has 258 valence electrons. The van der Waals surface area contributed by atoms with Gasteiger partial charge >= 0.3 is 0 Å². The van der Waals surface area contributed by atoms with Crippen molar-refractivity contribution in [2.45, 2.75) is 44.6 Å². The van der Waals surface area contributed by atoms with Gasteiger partial charge in [-0.25, -0.2) is 0 Å². The van der Waals surface area contributed by atoms with Gasteiger partial charge in [0.1, 0.15) is 5.75 Å². The fraction of sp³-hybridized carbons (Fsp3) is 0.176. The normalized spacial score (nSPS) is 17.3. The van der Waals surface area contributed by atoms with Gasteiger partial charge in [-0.05, 0) is 119 Å². The third-order valence-corrected chi connectivity index (χ3v) is 12.3. The van der Waals surface area contributed by atoms with Crippen molar-refractivity contribution in [3.8, 4) is 16.9 Å². The summed E-state index contributed by atoms with van der Waals surface area (Å²) < 4.78 is 7.73. The van der Waals surface area contributed by atoms with E-state index >= 15 is 0 Å². The van der Waals surface area contributed by atoms with Crippen LogP contribution in [0.5, 0.6) is 5.75 Å². The first-order chi connectivity index (χ1) is 25.8. The van der Waals surface area contributed by atoms with Crippen molar-refractivity contribution in [2.75, 3.05) is 19.0 Å². The zero-order valence-corrected chi connectivity index (χ0v) is 31.1. The summed E-state index contributed by atoms with van der Waals surface area (Å²) in [7, 11) is 4.17. The van der Waals surface area contributed by atoms with Gasteiger partial charge in [0.05, 0.1) is 5.41 Å². The van der Waals surface area contributed by atoms with E-state index in [1.807, 2.05) is 0 Å². The van der Waals surface area contributed by atoms with Crippen LogP contribution >= 0.6 is 0 Å². The van der Waals surface area contributed by atoms with E-state index in [0.717, 1.165) is 46.4 Å². The Morgan fingerprint density at radius 2 is 1.21 bits per heavy atom. The third-order valence-electron chi connectivity index (χ3n) is 12.3. The lowest BCUT2D eigenvalue weighted by Crippen LogP contribution is -2.36. The Labute approximate surface area is 313 Å². The Balaban J connectivity index is 1.34. The molecule has 7 aromatic carbocycles. The van der Waals surface area contributed by atoms with E-state index in [-0.39, 0.29) is 0 Å². The Morgan fingerprint density at radius 1 is 0.566 bits per heavy atom. The predicted molar refractivity (Wildman–Crippen MR) is 221 cm³/mol. The zero-order valence-electron chi connectivity index (χ0n) is 31.1. The van der Waals surface area contributed by atoms with Crippen LogP contribution in [0.4, 0.5) is 5.69 Å². The van der Waals surface area contributed by atoms with Crippen LogP contribution in [0.2, 0.25) is 0 Å². The number of rotatable bonds is 5. The van der Waals surface area contributed by atoms with Crippen molar-refractivity contribution < 1.29 is 4.74 Å². The Kier molecular flexibility index (Phi) is 6.95. The average Bonchev–Trinajstić information content (AvgIpc) is 3.50. The molecule has 2 heteroatoms. The molecule has 7 aromatic rings. The minimum absolute atomic E-state index is 0.548. The molecule has 1 heterocycles. The molecular weight excluding hydrogens is 643 g/mol. The van der Waals surface area contributed by atoms with Crippen LogP contribution in [0.3, 0.4) is 0 Å². The molecule has 0 bridgehead atoms.